The van der Waals surface area contributed by atoms with Gasteiger partial charge in [-0.3, -0.25) is 0 Å². The summed E-state index contributed by atoms with van der Waals surface area (Å²) in [6.45, 7) is 4.81. The fourth-order valence-electron chi connectivity index (χ4n) is 1.70. The first-order valence-corrected chi connectivity index (χ1v) is 6.20. The molecule has 0 saturated heterocycles. The largest absolute Gasteiger partial charge is 0.314 e. The van der Waals surface area contributed by atoms with Crippen molar-refractivity contribution in [3.8, 4) is 5.82 Å². The van der Waals surface area contributed by atoms with Crippen LogP contribution in [0, 0.1) is 0 Å². The van der Waals surface area contributed by atoms with Crippen molar-refractivity contribution in [2.75, 3.05) is 7.05 Å². The number of hydrogen-bond acceptors (Lipinski definition) is 5. The van der Waals surface area contributed by atoms with E-state index < -0.39 is 0 Å². The van der Waals surface area contributed by atoms with Crippen LogP contribution in [0.1, 0.15) is 31.2 Å². The van der Waals surface area contributed by atoms with Crippen LogP contribution < -0.4 is 5.32 Å². The molecule has 0 radical (unpaired) electrons. The van der Waals surface area contributed by atoms with Gasteiger partial charge in [-0.2, -0.15) is 9.78 Å². The molecule has 0 fully saturated rings. The van der Waals surface area contributed by atoms with E-state index in [4.69, 9.17) is 0 Å². The number of hydrogen-bond donors (Lipinski definition) is 1. The molecule has 2 aromatic heterocycles. The summed E-state index contributed by atoms with van der Waals surface area (Å²) < 4.78 is 1.77. The minimum atomic E-state index is 0.714. The molecule has 96 valence electrons. The van der Waals surface area contributed by atoms with E-state index in [1.54, 1.807) is 4.68 Å². The van der Waals surface area contributed by atoms with E-state index >= 15 is 0 Å². The molecule has 2 heterocycles. The molecule has 0 unspecified atom stereocenters. The Hall–Kier alpha value is -1.82. The highest BCUT2D eigenvalue weighted by atomic mass is 15.4. The number of nitrogens with zero attached hydrogens (tertiary/aromatic N) is 5. The van der Waals surface area contributed by atoms with Crippen LogP contribution in [-0.2, 0) is 19.4 Å². The monoisotopic (exact) mass is 246 g/mol. The van der Waals surface area contributed by atoms with Gasteiger partial charge in [0.1, 0.15) is 5.82 Å². The Bertz CT molecular complexity index is 502. The lowest BCUT2D eigenvalue weighted by molar-refractivity contribution is 0.722. The van der Waals surface area contributed by atoms with Gasteiger partial charge in [0.05, 0.1) is 5.69 Å². The molecular weight excluding hydrogens is 228 g/mol. The van der Waals surface area contributed by atoms with E-state index in [0.29, 0.717) is 6.54 Å². The molecule has 0 aliphatic heterocycles. The molecule has 1 N–H and O–H groups in total. The molecule has 2 aromatic rings. The van der Waals surface area contributed by atoms with Crippen LogP contribution in [0.15, 0.2) is 12.1 Å². The maximum Gasteiger partial charge on any atom is 0.177 e. The predicted molar refractivity (Wildman–Crippen MR) is 68.5 cm³/mol. The smallest absolute Gasteiger partial charge is 0.177 e. The van der Waals surface area contributed by atoms with E-state index in [0.717, 1.165) is 36.0 Å². The van der Waals surface area contributed by atoms with Crippen molar-refractivity contribution in [3.63, 3.8) is 0 Å². The molecule has 0 atom stereocenters. The fourth-order valence-corrected chi connectivity index (χ4v) is 1.70. The van der Waals surface area contributed by atoms with Crippen LogP contribution in [0.3, 0.4) is 0 Å². The van der Waals surface area contributed by atoms with Crippen LogP contribution in [0.2, 0.25) is 0 Å². The molecule has 0 bridgehead atoms. The Morgan fingerprint density at radius 1 is 1.17 bits per heavy atom. The molecular formula is C12H18N6. The van der Waals surface area contributed by atoms with Crippen LogP contribution in [0.25, 0.3) is 5.82 Å². The quantitative estimate of drug-likeness (QED) is 0.849. The summed E-state index contributed by atoms with van der Waals surface area (Å²) >= 11 is 0. The van der Waals surface area contributed by atoms with Gasteiger partial charge in [0.2, 0.25) is 0 Å². The van der Waals surface area contributed by atoms with Gasteiger partial charge in [-0.15, -0.1) is 10.2 Å². The van der Waals surface area contributed by atoms with Crippen LogP contribution in [0.5, 0.6) is 0 Å². The average molecular weight is 246 g/mol. The van der Waals surface area contributed by atoms with Crippen LogP contribution in [-0.4, -0.2) is 32.0 Å². The van der Waals surface area contributed by atoms with Gasteiger partial charge in [-0.05, 0) is 19.2 Å². The summed E-state index contributed by atoms with van der Waals surface area (Å²) in [7, 11) is 1.88. The molecule has 2 rings (SSSR count). The third kappa shape index (κ3) is 2.53. The van der Waals surface area contributed by atoms with Gasteiger partial charge in [0.25, 0.3) is 0 Å². The van der Waals surface area contributed by atoms with Gasteiger partial charge in [-0.25, -0.2) is 4.98 Å². The maximum atomic E-state index is 4.45. The fraction of sp³-hybridized carbons (Fsp3) is 0.500. The van der Waals surface area contributed by atoms with E-state index in [1.807, 2.05) is 26.1 Å². The lowest BCUT2D eigenvalue weighted by Gasteiger charge is -2.03. The van der Waals surface area contributed by atoms with E-state index in [2.05, 4.69) is 32.5 Å². The Morgan fingerprint density at radius 2 is 2.00 bits per heavy atom. The zero-order valence-electron chi connectivity index (χ0n) is 11.0. The highest BCUT2D eigenvalue weighted by Crippen LogP contribution is 2.08. The second kappa shape index (κ2) is 5.68. The van der Waals surface area contributed by atoms with Gasteiger partial charge >= 0.3 is 0 Å². The van der Waals surface area contributed by atoms with Crippen molar-refractivity contribution in [1.82, 2.24) is 30.3 Å². The number of aryl methyl sites for hydroxylation is 2. The number of aromatic nitrogens is 5. The maximum absolute atomic E-state index is 4.45. The molecule has 0 spiro atoms. The van der Waals surface area contributed by atoms with Crippen molar-refractivity contribution < 1.29 is 0 Å². The minimum absolute atomic E-state index is 0.714. The van der Waals surface area contributed by atoms with Crippen molar-refractivity contribution in [2.45, 2.75) is 33.2 Å². The van der Waals surface area contributed by atoms with Gasteiger partial charge in [-0.1, -0.05) is 13.8 Å². The predicted octanol–water partition coefficient (Wildman–Crippen LogP) is 0.901. The Morgan fingerprint density at radius 3 is 2.56 bits per heavy atom. The molecule has 6 heteroatoms. The third-order valence-corrected chi connectivity index (χ3v) is 2.63. The topological polar surface area (TPSA) is 68.5 Å². The van der Waals surface area contributed by atoms with Crippen molar-refractivity contribution in [3.05, 3.63) is 29.5 Å². The Kier molecular flexibility index (Phi) is 3.99. The van der Waals surface area contributed by atoms with Gasteiger partial charge in [0, 0.05) is 19.4 Å². The van der Waals surface area contributed by atoms with Crippen molar-refractivity contribution >= 4 is 0 Å². The summed E-state index contributed by atoms with van der Waals surface area (Å²) in [6.07, 6.45) is 1.65. The first-order chi connectivity index (χ1) is 8.78. The second-order valence-electron chi connectivity index (χ2n) is 3.98. The molecule has 0 aliphatic carbocycles. The zero-order valence-corrected chi connectivity index (χ0v) is 11.0. The molecule has 0 aliphatic rings. The Labute approximate surface area is 106 Å². The van der Waals surface area contributed by atoms with Crippen molar-refractivity contribution in [1.29, 1.82) is 0 Å². The summed E-state index contributed by atoms with van der Waals surface area (Å²) in [5.74, 6) is 2.48. The Balaban J connectivity index is 2.32. The van der Waals surface area contributed by atoms with E-state index in [9.17, 15) is 0 Å². The minimum Gasteiger partial charge on any atom is -0.314 e. The van der Waals surface area contributed by atoms with Crippen LogP contribution >= 0.6 is 0 Å². The lowest BCUT2D eigenvalue weighted by Crippen LogP contribution is -2.10. The first-order valence-electron chi connectivity index (χ1n) is 6.20. The molecule has 0 aromatic carbocycles. The average Bonchev–Trinajstić information content (AvgIpc) is 2.83. The highest BCUT2D eigenvalue weighted by molar-refractivity contribution is 5.22. The number of nitrogens with one attached hydrogen (secondary N) is 1. The summed E-state index contributed by atoms with van der Waals surface area (Å²) in [6, 6.07) is 3.87. The summed E-state index contributed by atoms with van der Waals surface area (Å²) in [4.78, 5) is 4.45. The second-order valence-corrected chi connectivity index (χ2v) is 3.98. The molecule has 0 amide bonds. The SMILES string of the molecule is CCc1nc(CC)n(-c2ccc(CNC)nn2)n1. The molecule has 18 heavy (non-hydrogen) atoms. The standard InChI is InChI=1S/C12H18N6/c1-4-10-14-11(5-2)18(17-10)12-7-6-9(8-13-3)15-16-12/h6-7,13H,4-5,8H2,1-3H3. The molecule has 0 saturated carbocycles. The van der Waals surface area contributed by atoms with E-state index in [-0.39, 0.29) is 0 Å². The summed E-state index contributed by atoms with van der Waals surface area (Å²) in [5.41, 5.74) is 0.912. The van der Waals surface area contributed by atoms with Crippen LogP contribution in [0.4, 0.5) is 0 Å². The van der Waals surface area contributed by atoms with Crippen molar-refractivity contribution in [2.24, 2.45) is 0 Å². The first kappa shape index (κ1) is 12.6. The normalized spacial score (nSPS) is 10.8. The highest BCUT2D eigenvalue weighted by Gasteiger charge is 2.10. The molecule has 6 nitrogen and oxygen atoms in total. The third-order valence-electron chi connectivity index (χ3n) is 2.63. The lowest BCUT2D eigenvalue weighted by atomic mass is 10.4. The summed E-state index contributed by atoms with van der Waals surface area (Å²) in [5, 5.41) is 15.8. The van der Waals surface area contributed by atoms with Gasteiger partial charge < -0.3 is 5.32 Å². The number of rotatable bonds is 5. The zero-order chi connectivity index (χ0) is 13.0. The van der Waals surface area contributed by atoms with Gasteiger partial charge in [0.15, 0.2) is 11.6 Å². The van der Waals surface area contributed by atoms with E-state index in [1.165, 1.54) is 0 Å².